The van der Waals surface area contributed by atoms with Crippen LogP contribution in [0.15, 0.2) is 45.4 Å². The topological polar surface area (TPSA) is 89.3 Å². The van der Waals surface area contributed by atoms with Gasteiger partial charge in [0.2, 0.25) is 0 Å². The summed E-state index contributed by atoms with van der Waals surface area (Å²) in [6.07, 6.45) is 0. The Hall–Kier alpha value is -2.81. The Morgan fingerprint density at radius 1 is 1.00 bits per heavy atom. The van der Waals surface area contributed by atoms with Crippen molar-refractivity contribution in [2.75, 3.05) is 0 Å². The number of fused-ring (bicyclic) bond motifs is 1. The number of nitrogens with zero attached hydrogens (tertiary/aromatic N) is 2. The van der Waals surface area contributed by atoms with Crippen LogP contribution >= 0.6 is 11.3 Å². The first kappa shape index (κ1) is 22.4. The van der Waals surface area contributed by atoms with Crippen LogP contribution in [0.4, 0.5) is 0 Å². The van der Waals surface area contributed by atoms with Crippen LogP contribution in [0, 0.1) is 34.6 Å². The summed E-state index contributed by atoms with van der Waals surface area (Å²) >= 11 is 1.04. The summed E-state index contributed by atoms with van der Waals surface area (Å²) in [5.41, 5.74) is 6.31. The fourth-order valence-electron chi connectivity index (χ4n) is 4.16. The van der Waals surface area contributed by atoms with Crippen LogP contribution in [-0.4, -0.2) is 22.5 Å². The average Bonchev–Trinajstić information content (AvgIpc) is 3.12. The second-order valence-electron chi connectivity index (χ2n) is 8.11. The van der Waals surface area contributed by atoms with Crippen molar-refractivity contribution in [2.45, 2.75) is 45.4 Å². The molecule has 0 aliphatic carbocycles. The maximum Gasteiger partial charge on any atom is 0.304 e. The number of thiophene rings is 1. The van der Waals surface area contributed by atoms with Gasteiger partial charge in [-0.25, -0.2) is 0 Å². The third kappa shape index (κ3) is 3.90. The van der Waals surface area contributed by atoms with Gasteiger partial charge < -0.3 is 4.57 Å². The molecule has 0 saturated heterocycles. The van der Waals surface area contributed by atoms with Crippen LogP contribution in [0.3, 0.4) is 0 Å². The first-order valence-electron chi connectivity index (χ1n) is 10.1. The zero-order chi connectivity index (χ0) is 23.4. The minimum atomic E-state index is -4.30. The van der Waals surface area contributed by atoms with E-state index in [1.54, 1.807) is 17.6 Å². The minimum Gasteiger partial charge on any atom is -0.303 e. The Kier molecular flexibility index (Phi) is 5.56. The molecule has 8 heteroatoms. The number of hydrogen-bond donors (Lipinski definition) is 1. The molecule has 0 saturated carbocycles. The number of hydrogen-bond acceptors (Lipinski definition) is 5. The third-order valence-electron chi connectivity index (χ3n) is 5.76. The number of pyridine rings is 2. The van der Waals surface area contributed by atoms with Gasteiger partial charge in [0, 0.05) is 32.8 Å². The van der Waals surface area contributed by atoms with Gasteiger partial charge in [0.1, 0.15) is 0 Å². The highest BCUT2D eigenvalue weighted by molar-refractivity contribution is 7.88. The molecule has 0 aliphatic heterocycles. The van der Waals surface area contributed by atoms with Crippen molar-refractivity contribution in [3.8, 4) is 11.1 Å². The molecule has 1 N–H and O–H groups in total. The molecule has 0 amide bonds. The second-order valence-corrected chi connectivity index (χ2v) is 11.0. The molecule has 1 aromatic carbocycles. The Labute approximate surface area is 190 Å². The molecule has 32 heavy (non-hydrogen) atoms. The Balaban J connectivity index is 1.80. The van der Waals surface area contributed by atoms with Crippen LogP contribution in [0.5, 0.6) is 0 Å². The Morgan fingerprint density at radius 3 is 2.28 bits per heavy atom. The van der Waals surface area contributed by atoms with E-state index >= 15 is 0 Å². The van der Waals surface area contributed by atoms with Crippen molar-refractivity contribution >= 4 is 32.4 Å². The van der Waals surface area contributed by atoms with E-state index in [9.17, 15) is 17.8 Å². The minimum absolute atomic E-state index is 0.0359. The molecular formula is C24H24N2O4S2. The van der Waals surface area contributed by atoms with Crippen LogP contribution in [0.1, 0.15) is 33.0 Å². The SMILES string of the molecule is Cc1cc2c(c(C)n1)c(C)c(C)c(=O)n2Cc1ccc(-c2cc(C)sc2S(=O)(=O)O)cc1. The van der Waals surface area contributed by atoms with Crippen molar-refractivity contribution in [3.05, 3.63) is 79.7 Å². The fraction of sp³-hybridized carbons (Fsp3) is 0.250. The highest BCUT2D eigenvalue weighted by Gasteiger charge is 2.20. The summed E-state index contributed by atoms with van der Waals surface area (Å²) < 4.78 is 34.8. The molecule has 0 fully saturated rings. The zero-order valence-electron chi connectivity index (χ0n) is 18.6. The number of aromatic nitrogens is 2. The Bertz CT molecular complexity index is 1530. The second kappa shape index (κ2) is 7.95. The first-order valence-corrected chi connectivity index (χ1v) is 12.4. The summed E-state index contributed by atoms with van der Waals surface area (Å²) in [4.78, 5) is 18.5. The molecule has 6 nitrogen and oxygen atoms in total. The third-order valence-corrected chi connectivity index (χ3v) is 8.18. The van der Waals surface area contributed by atoms with Crippen LogP contribution in [-0.2, 0) is 16.7 Å². The van der Waals surface area contributed by atoms with Gasteiger partial charge in [-0.05, 0) is 63.4 Å². The van der Waals surface area contributed by atoms with E-state index in [1.165, 1.54) is 0 Å². The summed E-state index contributed by atoms with van der Waals surface area (Å²) in [6, 6.07) is 11.1. The predicted molar refractivity (Wildman–Crippen MR) is 128 cm³/mol. The monoisotopic (exact) mass is 468 g/mol. The van der Waals surface area contributed by atoms with E-state index in [0.29, 0.717) is 23.2 Å². The van der Waals surface area contributed by atoms with Gasteiger partial charge in [-0.3, -0.25) is 14.3 Å². The molecule has 4 aromatic rings. The van der Waals surface area contributed by atoms with Gasteiger partial charge >= 0.3 is 10.1 Å². The molecule has 0 unspecified atom stereocenters. The molecule has 3 heterocycles. The zero-order valence-corrected chi connectivity index (χ0v) is 20.2. The molecule has 0 bridgehead atoms. The van der Waals surface area contributed by atoms with Gasteiger partial charge in [0.25, 0.3) is 5.56 Å². The molecule has 166 valence electrons. The van der Waals surface area contributed by atoms with Crippen molar-refractivity contribution in [1.82, 2.24) is 9.55 Å². The van der Waals surface area contributed by atoms with Crippen molar-refractivity contribution in [1.29, 1.82) is 0 Å². The largest absolute Gasteiger partial charge is 0.304 e. The van der Waals surface area contributed by atoms with E-state index < -0.39 is 10.1 Å². The van der Waals surface area contributed by atoms with Gasteiger partial charge in [-0.2, -0.15) is 8.42 Å². The molecule has 0 radical (unpaired) electrons. The van der Waals surface area contributed by atoms with Crippen molar-refractivity contribution < 1.29 is 13.0 Å². The van der Waals surface area contributed by atoms with E-state index in [-0.39, 0.29) is 9.77 Å². The van der Waals surface area contributed by atoms with Crippen LogP contribution < -0.4 is 5.56 Å². The van der Waals surface area contributed by atoms with Gasteiger partial charge in [0.15, 0.2) is 4.21 Å². The molecule has 0 atom stereocenters. The average molecular weight is 469 g/mol. The number of benzene rings is 1. The van der Waals surface area contributed by atoms with Crippen molar-refractivity contribution in [3.63, 3.8) is 0 Å². The first-order chi connectivity index (χ1) is 15.0. The van der Waals surface area contributed by atoms with Gasteiger partial charge in [-0.15, -0.1) is 11.3 Å². The van der Waals surface area contributed by atoms with Crippen LogP contribution in [0.2, 0.25) is 0 Å². The number of aryl methyl sites for hydroxylation is 4. The lowest BCUT2D eigenvalue weighted by Gasteiger charge is -2.17. The molecule has 0 spiro atoms. The summed E-state index contributed by atoms with van der Waals surface area (Å²) in [5.74, 6) is 0. The van der Waals surface area contributed by atoms with Gasteiger partial charge in [-0.1, -0.05) is 24.3 Å². The van der Waals surface area contributed by atoms with Crippen molar-refractivity contribution in [2.24, 2.45) is 0 Å². The summed E-state index contributed by atoms with van der Waals surface area (Å²) in [5, 5.41) is 0.996. The Morgan fingerprint density at radius 2 is 1.66 bits per heavy atom. The molecule has 0 aliphatic rings. The lowest BCUT2D eigenvalue weighted by atomic mass is 10.0. The fourth-order valence-corrected chi connectivity index (χ4v) is 6.19. The predicted octanol–water partition coefficient (Wildman–Crippen LogP) is 4.96. The van der Waals surface area contributed by atoms with E-state index in [1.807, 2.05) is 58.0 Å². The molecular weight excluding hydrogens is 444 g/mol. The summed E-state index contributed by atoms with van der Waals surface area (Å²) in [6.45, 7) is 9.85. The maximum absolute atomic E-state index is 13.1. The highest BCUT2D eigenvalue weighted by Crippen LogP contribution is 2.35. The van der Waals surface area contributed by atoms with E-state index in [0.717, 1.165) is 49.6 Å². The van der Waals surface area contributed by atoms with E-state index in [2.05, 4.69) is 4.98 Å². The van der Waals surface area contributed by atoms with Crippen LogP contribution in [0.25, 0.3) is 22.0 Å². The summed E-state index contributed by atoms with van der Waals surface area (Å²) in [7, 11) is -4.30. The van der Waals surface area contributed by atoms with E-state index in [4.69, 9.17) is 0 Å². The lowest BCUT2D eigenvalue weighted by molar-refractivity contribution is 0.486. The lowest BCUT2D eigenvalue weighted by Crippen LogP contribution is -2.25. The smallest absolute Gasteiger partial charge is 0.303 e. The van der Waals surface area contributed by atoms with Gasteiger partial charge in [0.05, 0.1) is 12.1 Å². The standard InChI is InChI=1S/C24H24N2O4S2/c1-13-10-21-22(17(5)25-13)15(3)16(4)23(27)26(21)12-18-6-8-19(9-7-18)20-11-14(2)31-24(20)32(28,29)30/h6-11H,12H2,1-5H3,(H,28,29,30). The maximum atomic E-state index is 13.1. The quantitative estimate of drug-likeness (QED) is 0.428. The molecule has 3 aromatic heterocycles. The normalized spacial score (nSPS) is 11.9. The highest BCUT2D eigenvalue weighted by atomic mass is 32.3. The number of rotatable bonds is 4. The molecule has 4 rings (SSSR count).